The Morgan fingerprint density at radius 2 is 2.08 bits per heavy atom. The Labute approximate surface area is 159 Å². The van der Waals surface area contributed by atoms with Crippen LogP contribution in [0.4, 0.5) is 5.69 Å². The predicted molar refractivity (Wildman–Crippen MR) is 111 cm³/mol. The van der Waals surface area contributed by atoms with Crippen LogP contribution in [0, 0.1) is 0 Å². The van der Waals surface area contributed by atoms with Crippen molar-refractivity contribution in [2.75, 3.05) is 25.9 Å². The van der Waals surface area contributed by atoms with Gasteiger partial charge >= 0.3 is 0 Å². The maximum absolute atomic E-state index is 6.66. The first kappa shape index (κ1) is 17.6. The highest BCUT2D eigenvalue weighted by Crippen LogP contribution is 2.38. The van der Waals surface area contributed by atoms with E-state index in [0.717, 1.165) is 66.0 Å². The predicted octanol–water partition coefficient (Wildman–Crippen LogP) is 4.65. The summed E-state index contributed by atoms with van der Waals surface area (Å²) in [7, 11) is 2.16. The molecule has 1 aliphatic rings. The molecule has 4 nitrogen and oxygen atoms in total. The molecule has 0 unspecified atom stereocenters. The normalized spacial score (nSPS) is 14.5. The monoisotopic (exact) mass is 370 g/mol. The molecule has 0 atom stereocenters. The number of rotatable bonds is 5. The lowest BCUT2D eigenvalue weighted by atomic mass is 9.93. The molecule has 4 rings (SSSR count). The summed E-state index contributed by atoms with van der Waals surface area (Å²) in [6.45, 7) is 5.28. The zero-order chi connectivity index (χ0) is 18.3. The van der Waals surface area contributed by atoms with E-state index >= 15 is 0 Å². The maximum Gasteiger partial charge on any atom is 0.143 e. The second-order valence-corrected chi connectivity index (χ2v) is 7.86. The minimum atomic E-state index is 0.749. The van der Waals surface area contributed by atoms with Crippen LogP contribution in [0.3, 0.4) is 0 Å². The van der Waals surface area contributed by atoms with E-state index in [-0.39, 0.29) is 0 Å². The maximum atomic E-state index is 6.66. The van der Waals surface area contributed by atoms with E-state index in [9.17, 15) is 0 Å². The van der Waals surface area contributed by atoms with Gasteiger partial charge in [0.15, 0.2) is 0 Å². The average molecular weight is 371 g/mol. The molecule has 0 fully saturated rings. The van der Waals surface area contributed by atoms with Gasteiger partial charge in [0, 0.05) is 28.3 Å². The fourth-order valence-corrected chi connectivity index (χ4v) is 4.33. The van der Waals surface area contributed by atoms with Crippen LogP contribution in [0.25, 0.3) is 21.9 Å². The van der Waals surface area contributed by atoms with Crippen molar-refractivity contribution >= 4 is 39.2 Å². The topological polar surface area (TPSA) is 47.1 Å². The van der Waals surface area contributed by atoms with Crippen LogP contribution in [-0.4, -0.2) is 34.6 Å². The number of aryl methyl sites for hydroxylation is 2. The number of fused-ring (bicyclic) bond motifs is 4. The first-order valence-corrected chi connectivity index (χ1v) is 10.0. The minimum absolute atomic E-state index is 0.749. The molecule has 0 radical (unpaired) electrons. The van der Waals surface area contributed by atoms with Crippen molar-refractivity contribution in [3.05, 3.63) is 34.5 Å². The number of hydrogen-bond donors (Lipinski definition) is 1. The summed E-state index contributed by atoms with van der Waals surface area (Å²) in [4.78, 5) is 7.43. The number of nitrogen functional groups attached to an aromatic ring is 1. The third-order valence-corrected chi connectivity index (χ3v) is 5.97. The second kappa shape index (κ2) is 7.09. The molecule has 26 heavy (non-hydrogen) atoms. The molecule has 1 aliphatic carbocycles. The molecule has 2 heterocycles. The van der Waals surface area contributed by atoms with Gasteiger partial charge in [-0.1, -0.05) is 18.5 Å². The summed E-state index contributed by atoms with van der Waals surface area (Å²) in [5, 5.41) is 2.97. The lowest BCUT2D eigenvalue weighted by molar-refractivity contribution is 0.339. The first-order chi connectivity index (χ1) is 12.6. The third-order valence-electron chi connectivity index (χ3n) is 5.73. The molecule has 1 aromatic carbocycles. The van der Waals surface area contributed by atoms with Crippen molar-refractivity contribution in [2.45, 2.75) is 45.6 Å². The Bertz CT molecular complexity index is 960. The number of pyridine rings is 1. The van der Waals surface area contributed by atoms with E-state index in [1.165, 1.54) is 29.6 Å². The Hall–Kier alpha value is -1.78. The molecular formula is C21H27ClN4. The summed E-state index contributed by atoms with van der Waals surface area (Å²) < 4.78 is 2.34. The lowest BCUT2D eigenvalue weighted by Crippen LogP contribution is -2.20. The van der Waals surface area contributed by atoms with Crippen molar-refractivity contribution < 1.29 is 0 Å². The number of anilines is 1. The number of nitrogens with zero attached hydrogens (tertiary/aromatic N) is 3. The third kappa shape index (κ3) is 2.95. The molecule has 0 saturated heterocycles. The molecule has 0 bridgehead atoms. The highest BCUT2D eigenvalue weighted by Gasteiger charge is 2.21. The molecule has 5 heteroatoms. The first-order valence-electron chi connectivity index (χ1n) is 9.67. The van der Waals surface area contributed by atoms with Crippen molar-refractivity contribution in [2.24, 2.45) is 0 Å². The van der Waals surface area contributed by atoms with E-state index in [1.54, 1.807) is 0 Å². The van der Waals surface area contributed by atoms with Crippen molar-refractivity contribution in [1.82, 2.24) is 14.5 Å². The van der Waals surface area contributed by atoms with Crippen molar-refractivity contribution in [3.8, 4) is 0 Å². The molecule has 3 aromatic rings. The van der Waals surface area contributed by atoms with Gasteiger partial charge in [-0.15, -0.1) is 0 Å². The standard InChI is InChI=1S/C21H27ClN4/c1-3-25(2)11-6-12-26-18-10-9-14(22)13-16(18)19-20(23)15-7-4-5-8-17(15)24-21(19)26/h9-10,13H,3-8,11-12H2,1-2H3,(H2,23,24). The van der Waals surface area contributed by atoms with Crippen molar-refractivity contribution in [1.29, 1.82) is 0 Å². The van der Waals surface area contributed by atoms with E-state index in [2.05, 4.69) is 29.5 Å². The molecule has 0 aliphatic heterocycles. The van der Waals surface area contributed by atoms with Crippen LogP contribution in [0.5, 0.6) is 0 Å². The van der Waals surface area contributed by atoms with Gasteiger partial charge in [0.1, 0.15) is 5.65 Å². The summed E-state index contributed by atoms with van der Waals surface area (Å²) in [5.74, 6) is 0. The number of aromatic nitrogens is 2. The van der Waals surface area contributed by atoms with Crippen LogP contribution in [0.15, 0.2) is 18.2 Å². The SMILES string of the molecule is CCN(C)CCCn1c2ccc(Cl)cc2c2c(N)c3c(nc21)CCCC3. The zero-order valence-electron chi connectivity index (χ0n) is 15.7. The average Bonchev–Trinajstić information content (AvgIpc) is 2.95. The highest BCUT2D eigenvalue weighted by atomic mass is 35.5. The van der Waals surface area contributed by atoms with Gasteiger partial charge in [0.05, 0.1) is 10.9 Å². The summed E-state index contributed by atoms with van der Waals surface area (Å²) in [6.07, 6.45) is 5.57. The Kier molecular flexibility index (Phi) is 4.80. The van der Waals surface area contributed by atoms with Crippen LogP contribution >= 0.6 is 11.6 Å². The molecule has 138 valence electrons. The quantitative estimate of drug-likeness (QED) is 0.711. The van der Waals surface area contributed by atoms with E-state index in [4.69, 9.17) is 22.3 Å². The Balaban J connectivity index is 1.89. The molecule has 0 saturated carbocycles. The van der Waals surface area contributed by atoms with Crippen LogP contribution < -0.4 is 5.73 Å². The van der Waals surface area contributed by atoms with E-state index in [1.807, 2.05) is 12.1 Å². The van der Waals surface area contributed by atoms with Gasteiger partial charge in [-0.25, -0.2) is 4.98 Å². The van der Waals surface area contributed by atoms with Gasteiger partial charge in [0.2, 0.25) is 0 Å². The smallest absolute Gasteiger partial charge is 0.143 e. The minimum Gasteiger partial charge on any atom is -0.398 e. The second-order valence-electron chi connectivity index (χ2n) is 7.42. The summed E-state index contributed by atoms with van der Waals surface area (Å²) in [5.41, 5.74) is 12.2. The summed E-state index contributed by atoms with van der Waals surface area (Å²) in [6, 6.07) is 6.12. The van der Waals surface area contributed by atoms with Gasteiger partial charge < -0.3 is 15.2 Å². The van der Waals surface area contributed by atoms with Gasteiger partial charge in [-0.05, 0) is 76.0 Å². The number of benzene rings is 1. The molecular weight excluding hydrogens is 344 g/mol. The summed E-state index contributed by atoms with van der Waals surface area (Å²) >= 11 is 6.31. The number of halogens is 1. The zero-order valence-corrected chi connectivity index (χ0v) is 16.4. The van der Waals surface area contributed by atoms with Gasteiger partial charge in [-0.3, -0.25) is 0 Å². The Morgan fingerprint density at radius 1 is 1.27 bits per heavy atom. The fraction of sp³-hybridized carbons (Fsp3) is 0.476. The van der Waals surface area contributed by atoms with Crippen LogP contribution in [0.2, 0.25) is 5.02 Å². The fourth-order valence-electron chi connectivity index (χ4n) is 4.16. The molecule has 0 spiro atoms. The largest absolute Gasteiger partial charge is 0.398 e. The molecule has 2 aromatic heterocycles. The highest BCUT2D eigenvalue weighted by molar-refractivity contribution is 6.32. The van der Waals surface area contributed by atoms with Gasteiger partial charge in [0.25, 0.3) is 0 Å². The lowest BCUT2D eigenvalue weighted by Gasteiger charge is -2.18. The number of nitrogens with two attached hydrogens (primary N) is 1. The van der Waals surface area contributed by atoms with E-state index in [0.29, 0.717) is 0 Å². The Morgan fingerprint density at radius 3 is 2.88 bits per heavy atom. The number of hydrogen-bond acceptors (Lipinski definition) is 3. The molecule has 0 amide bonds. The van der Waals surface area contributed by atoms with Gasteiger partial charge in [-0.2, -0.15) is 0 Å². The van der Waals surface area contributed by atoms with E-state index < -0.39 is 0 Å². The van der Waals surface area contributed by atoms with Crippen LogP contribution in [0.1, 0.15) is 37.4 Å². The van der Waals surface area contributed by atoms with Crippen LogP contribution in [-0.2, 0) is 19.4 Å². The van der Waals surface area contributed by atoms with Crippen molar-refractivity contribution in [3.63, 3.8) is 0 Å². The molecule has 2 N–H and O–H groups in total.